The second kappa shape index (κ2) is 4.99. The molecule has 0 bridgehead atoms. The highest BCUT2D eigenvalue weighted by Gasteiger charge is 2.30. The molecular formula is C13H15NO3. The third-order valence-electron chi connectivity index (χ3n) is 3.04. The minimum absolute atomic E-state index is 0.0320. The number of benzene rings is 1. The standard InChI is InChI=1S/C13H15NO3/c15-12-7-4-8-14(12)11(9-13(16)17)10-5-2-1-3-6-10/h1-3,5-6,11H,4,7-9H2,(H,16,17). The number of aliphatic carboxylic acids is 1. The lowest BCUT2D eigenvalue weighted by Crippen LogP contribution is -2.31. The third-order valence-corrected chi connectivity index (χ3v) is 3.04. The Bertz CT molecular complexity index is 416. The van der Waals surface area contributed by atoms with Crippen LogP contribution in [0.1, 0.15) is 30.9 Å². The molecule has 0 spiro atoms. The summed E-state index contributed by atoms with van der Waals surface area (Å²) in [4.78, 5) is 24.3. The van der Waals surface area contributed by atoms with Crippen LogP contribution in [-0.2, 0) is 9.59 Å². The summed E-state index contributed by atoms with van der Waals surface area (Å²) in [6.45, 7) is 0.658. The van der Waals surface area contributed by atoms with Crippen LogP contribution in [-0.4, -0.2) is 28.4 Å². The van der Waals surface area contributed by atoms with Crippen LogP contribution in [0, 0.1) is 0 Å². The molecule has 1 atom stereocenters. The van der Waals surface area contributed by atoms with E-state index in [0.29, 0.717) is 13.0 Å². The number of hydrogen-bond acceptors (Lipinski definition) is 2. The molecule has 1 aliphatic rings. The third kappa shape index (κ3) is 2.64. The number of carboxylic acids is 1. The van der Waals surface area contributed by atoms with E-state index in [0.717, 1.165) is 12.0 Å². The van der Waals surface area contributed by atoms with Crippen LogP contribution in [0.25, 0.3) is 0 Å². The zero-order valence-electron chi connectivity index (χ0n) is 9.50. The van der Waals surface area contributed by atoms with E-state index in [1.807, 2.05) is 30.3 Å². The van der Waals surface area contributed by atoms with E-state index in [-0.39, 0.29) is 18.4 Å². The molecule has 1 aromatic rings. The highest BCUT2D eigenvalue weighted by molar-refractivity contribution is 5.79. The Morgan fingerprint density at radius 2 is 2.06 bits per heavy atom. The van der Waals surface area contributed by atoms with E-state index >= 15 is 0 Å². The predicted molar refractivity (Wildman–Crippen MR) is 62.4 cm³/mol. The smallest absolute Gasteiger partial charge is 0.305 e. The summed E-state index contributed by atoms with van der Waals surface area (Å²) in [5.74, 6) is -0.821. The number of amides is 1. The molecule has 1 fully saturated rings. The van der Waals surface area contributed by atoms with Gasteiger partial charge in [-0.3, -0.25) is 9.59 Å². The fourth-order valence-electron chi connectivity index (χ4n) is 2.25. The number of carboxylic acid groups (broad SMARTS) is 1. The van der Waals surface area contributed by atoms with Gasteiger partial charge in [0.15, 0.2) is 0 Å². The molecule has 4 nitrogen and oxygen atoms in total. The van der Waals surface area contributed by atoms with E-state index in [1.165, 1.54) is 0 Å². The quantitative estimate of drug-likeness (QED) is 0.863. The average molecular weight is 233 g/mol. The van der Waals surface area contributed by atoms with Gasteiger partial charge in [0.2, 0.25) is 5.91 Å². The largest absolute Gasteiger partial charge is 0.481 e. The number of carbonyl (C=O) groups excluding carboxylic acids is 1. The Morgan fingerprint density at radius 3 is 2.59 bits per heavy atom. The van der Waals surface area contributed by atoms with Crippen molar-refractivity contribution in [2.75, 3.05) is 6.54 Å². The Hall–Kier alpha value is -1.84. The van der Waals surface area contributed by atoms with Crippen LogP contribution in [0.3, 0.4) is 0 Å². The van der Waals surface area contributed by atoms with Gasteiger partial charge in [-0.05, 0) is 12.0 Å². The lowest BCUT2D eigenvalue weighted by Gasteiger charge is -2.26. The summed E-state index contributed by atoms with van der Waals surface area (Å²) in [5, 5.41) is 8.95. The van der Waals surface area contributed by atoms with Gasteiger partial charge in [0, 0.05) is 13.0 Å². The number of nitrogens with zero attached hydrogens (tertiary/aromatic N) is 1. The maximum atomic E-state index is 11.7. The first kappa shape index (κ1) is 11.6. The summed E-state index contributed by atoms with van der Waals surface area (Å²) in [5.41, 5.74) is 0.894. The Balaban J connectivity index is 2.25. The van der Waals surface area contributed by atoms with E-state index in [2.05, 4.69) is 0 Å². The number of rotatable bonds is 4. The molecule has 1 heterocycles. The minimum Gasteiger partial charge on any atom is -0.481 e. The number of likely N-dealkylation sites (tertiary alicyclic amines) is 1. The van der Waals surface area contributed by atoms with Crippen LogP contribution < -0.4 is 0 Å². The van der Waals surface area contributed by atoms with Crippen molar-refractivity contribution in [1.82, 2.24) is 4.90 Å². The van der Waals surface area contributed by atoms with Crippen molar-refractivity contribution in [3.05, 3.63) is 35.9 Å². The van der Waals surface area contributed by atoms with Crippen molar-refractivity contribution in [3.63, 3.8) is 0 Å². The van der Waals surface area contributed by atoms with Gasteiger partial charge in [0.05, 0.1) is 12.5 Å². The minimum atomic E-state index is -0.876. The molecule has 0 aliphatic carbocycles. The summed E-state index contributed by atoms with van der Waals surface area (Å²) in [6.07, 6.45) is 1.32. The van der Waals surface area contributed by atoms with Crippen LogP contribution in [0.2, 0.25) is 0 Å². The van der Waals surface area contributed by atoms with Gasteiger partial charge >= 0.3 is 5.97 Å². The van der Waals surface area contributed by atoms with Gasteiger partial charge in [-0.2, -0.15) is 0 Å². The Morgan fingerprint density at radius 1 is 1.35 bits per heavy atom. The SMILES string of the molecule is O=C(O)CC(c1ccccc1)N1CCCC1=O. The normalized spacial score (nSPS) is 17.2. The molecule has 2 rings (SSSR count). The summed E-state index contributed by atoms with van der Waals surface area (Å²) < 4.78 is 0. The molecule has 1 aliphatic heterocycles. The van der Waals surface area contributed by atoms with Gasteiger partial charge in [-0.1, -0.05) is 30.3 Å². The van der Waals surface area contributed by atoms with Crippen LogP contribution >= 0.6 is 0 Å². The zero-order chi connectivity index (χ0) is 12.3. The van der Waals surface area contributed by atoms with Crippen molar-refractivity contribution in [2.45, 2.75) is 25.3 Å². The van der Waals surface area contributed by atoms with E-state index in [1.54, 1.807) is 4.90 Å². The average Bonchev–Trinajstić information content (AvgIpc) is 2.73. The lowest BCUT2D eigenvalue weighted by molar-refractivity contribution is -0.139. The van der Waals surface area contributed by atoms with Gasteiger partial charge < -0.3 is 10.0 Å². The zero-order valence-corrected chi connectivity index (χ0v) is 9.50. The van der Waals surface area contributed by atoms with Gasteiger partial charge in [0.25, 0.3) is 0 Å². The number of carbonyl (C=O) groups is 2. The first-order chi connectivity index (χ1) is 8.18. The molecule has 0 radical (unpaired) electrons. The van der Waals surface area contributed by atoms with Gasteiger partial charge in [-0.25, -0.2) is 0 Å². The van der Waals surface area contributed by atoms with E-state index in [9.17, 15) is 9.59 Å². The first-order valence-corrected chi connectivity index (χ1v) is 5.74. The van der Waals surface area contributed by atoms with Crippen molar-refractivity contribution in [1.29, 1.82) is 0 Å². The molecule has 1 saturated heterocycles. The van der Waals surface area contributed by atoms with E-state index < -0.39 is 5.97 Å². The summed E-state index contributed by atoms with van der Waals surface area (Å²) in [6, 6.07) is 9.03. The molecule has 1 aromatic carbocycles. The topological polar surface area (TPSA) is 57.6 Å². The second-order valence-corrected chi connectivity index (χ2v) is 4.22. The number of hydrogen-bond donors (Lipinski definition) is 1. The first-order valence-electron chi connectivity index (χ1n) is 5.74. The van der Waals surface area contributed by atoms with Crippen LogP contribution in [0.15, 0.2) is 30.3 Å². The molecule has 4 heteroatoms. The molecule has 0 aromatic heterocycles. The van der Waals surface area contributed by atoms with Gasteiger partial charge in [-0.15, -0.1) is 0 Å². The Labute approximate surface area is 99.9 Å². The van der Waals surface area contributed by atoms with Crippen LogP contribution in [0.4, 0.5) is 0 Å². The monoisotopic (exact) mass is 233 g/mol. The van der Waals surface area contributed by atoms with Crippen molar-refractivity contribution in [2.24, 2.45) is 0 Å². The molecule has 90 valence electrons. The summed E-state index contributed by atoms with van der Waals surface area (Å²) >= 11 is 0. The summed E-state index contributed by atoms with van der Waals surface area (Å²) in [7, 11) is 0. The lowest BCUT2D eigenvalue weighted by atomic mass is 10.0. The van der Waals surface area contributed by atoms with Crippen LogP contribution in [0.5, 0.6) is 0 Å². The molecule has 17 heavy (non-hydrogen) atoms. The highest BCUT2D eigenvalue weighted by atomic mass is 16.4. The van der Waals surface area contributed by atoms with Crippen molar-refractivity contribution >= 4 is 11.9 Å². The highest BCUT2D eigenvalue weighted by Crippen LogP contribution is 2.28. The fraction of sp³-hybridized carbons (Fsp3) is 0.385. The fourth-order valence-corrected chi connectivity index (χ4v) is 2.25. The predicted octanol–water partition coefficient (Wildman–Crippen LogP) is 1.82. The molecule has 0 saturated carbocycles. The van der Waals surface area contributed by atoms with Crippen molar-refractivity contribution in [3.8, 4) is 0 Å². The maximum absolute atomic E-state index is 11.7. The molecule has 1 unspecified atom stereocenters. The second-order valence-electron chi connectivity index (χ2n) is 4.22. The molecular weight excluding hydrogens is 218 g/mol. The molecule has 1 amide bonds. The molecule has 1 N–H and O–H groups in total. The van der Waals surface area contributed by atoms with E-state index in [4.69, 9.17) is 5.11 Å². The van der Waals surface area contributed by atoms with Gasteiger partial charge in [0.1, 0.15) is 0 Å². The Kier molecular flexibility index (Phi) is 3.42. The van der Waals surface area contributed by atoms with Crippen molar-refractivity contribution < 1.29 is 14.7 Å². The maximum Gasteiger partial charge on any atom is 0.305 e.